The van der Waals surface area contributed by atoms with Crippen LogP contribution in [0.2, 0.25) is 5.02 Å². The highest BCUT2D eigenvalue weighted by molar-refractivity contribution is 6.31. The third-order valence-electron chi connectivity index (χ3n) is 5.39. The largest absolute Gasteiger partial charge is 0.365 e. The topological polar surface area (TPSA) is 131 Å². The summed E-state index contributed by atoms with van der Waals surface area (Å²) >= 11 is 6.23. The SMILES string of the molecule is Cc1cc(F)cc(-c2nn3c(c2C(N)=O)C(c2ccc(C#N)c(Cl)c2)N(C(N)=O)CC3)c1. The first kappa shape index (κ1) is 21.3. The predicted molar refractivity (Wildman–Crippen MR) is 115 cm³/mol. The van der Waals surface area contributed by atoms with Crippen LogP contribution in [0.1, 0.15) is 38.8 Å². The molecule has 32 heavy (non-hydrogen) atoms. The molecule has 8 nitrogen and oxygen atoms in total. The Morgan fingerprint density at radius 2 is 1.97 bits per heavy atom. The molecule has 1 aromatic heterocycles. The number of nitriles is 1. The molecule has 3 aromatic rings. The van der Waals surface area contributed by atoms with Crippen molar-refractivity contribution in [2.75, 3.05) is 6.54 Å². The Kier molecular flexibility index (Phi) is 5.32. The van der Waals surface area contributed by atoms with E-state index in [9.17, 15) is 19.2 Å². The average Bonchev–Trinajstić information content (AvgIpc) is 3.12. The minimum atomic E-state index is -0.829. The molecule has 0 spiro atoms. The van der Waals surface area contributed by atoms with Gasteiger partial charge in [0.1, 0.15) is 23.6 Å². The molecule has 10 heteroatoms. The number of aryl methyl sites for hydroxylation is 1. The van der Waals surface area contributed by atoms with Gasteiger partial charge in [-0.1, -0.05) is 17.7 Å². The van der Waals surface area contributed by atoms with E-state index in [1.54, 1.807) is 29.8 Å². The smallest absolute Gasteiger partial charge is 0.315 e. The van der Waals surface area contributed by atoms with Crippen molar-refractivity contribution >= 4 is 23.5 Å². The summed E-state index contributed by atoms with van der Waals surface area (Å²) in [5.74, 6) is -1.25. The van der Waals surface area contributed by atoms with E-state index in [1.807, 2.05) is 6.07 Å². The van der Waals surface area contributed by atoms with Crippen molar-refractivity contribution in [2.24, 2.45) is 11.5 Å². The van der Waals surface area contributed by atoms with Gasteiger partial charge in [-0.25, -0.2) is 9.18 Å². The van der Waals surface area contributed by atoms with Gasteiger partial charge in [-0.15, -0.1) is 0 Å². The number of aromatic nitrogens is 2. The highest BCUT2D eigenvalue weighted by atomic mass is 35.5. The number of benzene rings is 2. The fourth-order valence-corrected chi connectivity index (χ4v) is 4.32. The van der Waals surface area contributed by atoms with Crippen LogP contribution >= 0.6 is 11.6 Å². The van der Waals surface area contributed by atoms with Crippen LogP contribution in [0.15, 0.2) is 36.4 Å². The lowest BCUT2D eigenvalue weighted by Gasteiger charge is -2.35. The average molecular weight is 453 g/mol. The fourth-order valence-electron chi connectivity index (χ4n) is 4.09. The van der Waals surface area contributed by atoms with Crippen molar-refractivity contribution in [3.05, 3.63) is 75.2 Å². The maximum atomic E-state index is 14.1. The second kappa shape index (κ2) is 7.98. The summed E-state index contributed by atoms with van der Waals surface area (Å²) in [6.45, 7) is 2.20. The van der Waals surface area contributed by atoms with Crippen LogP contribution in [0, 0.1) is 24.1 Å². The van der Waals surface area contributed by atoms with Crippen molar-refractivity contribution in [3.63, 3.8) is 0 Å². The third-order valence-corrected chi connectivity index (χ3v) is 5.70. The number of hydrogen-bond acceptors (Lipinski definition) is 4. The van der Waals surface area contributed by atoms with E-state index in [0.717, 1.165) is 0 Å². The van der Waals surface area contributed by atoms with Crippen LogP contribution in [-0.2, 0) is 6.54 Å². The molecule has 1 atom stereocenters. The molecular formula is C22H18ClFN6O2. The van der Waals surface area contributed by atoms with Gasteiger partial charge in [0.05, 0.1) is 28.4 Å². The molecule has 1 aliphatic rings. The standard InChI is InChI=1S/C22H18ClFN6O2/c1-11-6-14(8-15(24)7-11)18-17(21(26)31)20-19(12-2-3-13(10-25)16(23)9-12)29(22(27)32)4-5-30(20)28-18/h2-3,6-9,19H,4-5H2,1H3,(H2,26,31)(H2,27,32). The van der Waals surface area contributed by atoms with Gasteiger partial charge in [-0.05, 0) is 48.4 Å². The Balaban J connectivity index is 1.99. The van der Waals surface area contributed by atoms with Crippen molar-refractivity contribution in [1.82, 2.24) is 14.7 Å². The maximum absolute atomic E-state index is 14.1. The second-order valence-corrected chi connectivity index (χ2v) is 7.91. The number of nitrogens with two attached hydrogens (primary N) is 2. The Labute approximate surface area is 187 Å². The Bertz CT molecular complexity index is 1290. The first-order chi connectivity index (χ1) is 15.2. The molecule has 0 bridgehead atoms. The van der Waals surface area contributed by atoms with Gasteiger partial charge in [0.25, 0.3) is 5.91 Å². The van der Waals surface area contributed by atoms with Gasteiger partial charge >= 0.3 is 6.03 Å². The number of rotatable bonds is 3. The van der Waals surface area contributed by atoms with Crippen LogP contribution in [0.5, 0.6) is 0 Å². The number of halogens is 2. The van der Waals surface area contributed by atoms with Crippen LogP contribution in [0.25, 0.3) is 11.3 Å². The van der Waals surface area contributed by atoms with E-state index in [0.29, 0.717) is 22.4 Å². The second-order valence-electron chi connectivity index (χ2n) is 7.50. The van der Waals surface area contributed by atoms with Gasteiger partial charge < -0.3 is 16.4 Å². The minimum Gasteiger partial charge on any atom is -0.365 e. The molecule has 4 N–H and O–H groups in total. The maximum Gasteiger partial charge on any atom is 0.315 e. The monoisotopic (exact) mass is 452 g/mol. The van der Waals surface area contributed by atoms with Crippen LogP contribution in [0.3, 0.4) is 0 Å². The molecule has 1 aliphatic heterocycles. The number of urea groups is 1. The molecule has 1 unspecified atom stereocenters. The Hall–Kier alpha value is -3.90. The van der Waals surface area contributed by atoms with Crippen LogP contribution in [0.4, 0.5) is 9.18 Å². The van der Waals surface area contributed by atoms with E-state index in [-0.39, 0.29) is 34.9 Å². The van der Waals surface area contributed by atoms with Gasteiger partial charge in [-0.3, -0.25) is 9.48 Å². The zero-order valence-electron chi connectivity index (χ0n) is 17.0. The molecule has 2 aromatic carbocycles. The molecule has 3 amide bonds. The minimum absolute atomic E-state index is 0.0615. The number of carbonyl (C=O) groups excluding carboxylic acids is 2. The van der Waals surface area contributed by atoms with Gasteiger partial charge in [0.2, 0.25) is 0 Å². The summed E-state index contributed by atoms with van der Waals surface area (Å²) in [7, 11) is 0. The summed E-state index contributed by atoms with van der Waals surface area (Å²) in [6.07, 6.45) is 0. The first-order valence-electron chi connectivity index (χ1n) is 9.65. The van der Waals surface area contributed by atoms with Crippen LogP contribution < -0.4 is 11.5 Å². The molecular weight excluding hydrogens is 435 g/mol. The van der Waals surface area contributed by atoms with Crippen molar-refractivity contribution in [3.8, 4) is 17.3 Å². The normalized spacial score (nSPS) is 15.2. The summed E-state index contributed by atoms with van der Waals surface area (Å²) in [6, 6.07) is 9.47. The van der Waals surface area contributed by atoms with E-state index < -0.39 is 23.8 Å². The lowest BCUT2D eigenvalue weighted by Crippen LogP contribution is -2.46. The lowest BCUT2D eigenvalue weighted by atomic mass is 9.93. The summed E-state index contributed by atoms with van der Waals surface area (Å²) in [5, 5.41) is 13.9. The van der Waals surface area contributed by atoms with Crippen molar-refractivity contribution < 1.29 is 14.0 Å². The molecule has 2 heterocycles. The highest BCUT2D eigenvalue weighted by Gasteiger charge is 2.38. The zero-order chi connectivity index (χ0) is 23.2. The molecule has 162 valence electrons. The van der Waals surface area contributed by atoms with Crippen LogP contribution in [-0.4, -0.2) is 33.2 Å². The van der Waals surface area contributed by atoms with Gasteiger partial charge in [-0.2, -0.15) is 10.4 Å². The summed E-state index contributed by atoms with van der Waals surface area (Å²) in [5.41, 5.74) is 13.8. The van der Waals surface area contributed by atoms with Crippen molar-refractivity contribution in [2.45, 2.75) is 19.5 Å². The molecule has 0 saturated carbocycles. The highest BCUT2D eigenvalue weighted by Crippen LogP contribution is 2.39. The quantitative estimate of drug-likeness (QED) is 0.631. The van der Waals surface area contributed by atoms with Gasteiger partial charge in [0, 0.05) is 12.1 Å². The number of primary amides is 2. The van der Waals surface area contributed by atoms with E-state index in [4.69, 9.17) is 23.1 Å². The van der Waals surface area contributed by atoms with Gasteiger partial charge in [0.15, 0.2) is 0 Å². The summed E-state index contributed by atoms with van der Waals surface area (Å²) < 4.78 is 15.7. The third kappa shape index (κ3) is 3.55. The number of carbonyl (C=O) groups is 2. The fraction of sp³-hybridized carbons (Fsp3) is 0.182. The molecule has 0 fully saturated rings. The predicted octanol–water partition coefficient (Wildman–Crippen LogP) is 3.11. The number of amides is 3. The number of hydrogen-bond donors (Lipinski definition) is 2. The van der Waals surface area contributed by atoms with E-state index in [1.165, 1.54) is 23.1 Å². The van der Waals surface area contributed by atoms with E-state index >= 15 is 0 Å². The van der Waals surface area contributed by atoms with Crippen molar-refractivity contribution in [1.29, 1.82) is 5.26 Å². The lowest BCUT2D eigenvalue weighted by molar-refractivity contribution is 0.0995. The molecule has 0 radical (unpaired) electrons. The molecule has 0 saturated heterocycles. The molecule has 4 rings (SSSR count). The summed E-state index contributed by atoms with van der Waals surface area (Å²) in [4.78, 5) is 26.2. The zero-order valence-corrected chi connectivity index (χ0v) is 17.7. The first-order valence-corrected chi connectivity index (χ1v) is 10.0. The number of fused-ring (bicyclic) bond motifs is 1. The Morgan fingerprint density at radius 1 is 1.22 bits per heavy atom. The van der Waals surface area contributed by atoms with E-state index in [2.05, 4.69) is 5.10 Å². The Morgan fingerprint density at radius 3 is 2.56 bits per heavy atom. The molecule has 0 aliphatic carbocycles. The number of nitrogens with zero attached hydrogens (tertiary/aromatic N) is 4.